The van der Waals surface area contributed by atoms with Gasteiger partial charge < -0.3 is 15.4 Å². The van der Waals surface area contributed by atoms with Crippen molar-refractivity contribution in [2.24, 2.45) is 7.05 Å². The van der Waals surface area contributed by atoms with Crippen LogP contribution >= 0.6 is 11.3 Å². The molecule has 0 spiro atoms. The third-order valence-electron chi connectivity index (χ3n) is 2.41. The third kappa shape index (κ3) is 2.28. The summed E-state index contributed by atoms with van der Waals surface area (Å²) < 4.78 is 1.61. The van der Waals surface area contributed by atoms with Crippen LogP contribution in [0, 0.1) is 10.1 Å². The summed E-state index contributed by atoms with van der Waals surface area (Å²) in [6.07, 6.45) is 1.43. The Hall–Kier alpha value is -1.89. The number of imidazole rings is 1. The number of nitrogens with zero attached hydrogens (tertiary/aromatic N) is 3. The highest BCUT2D eigenvalue weighted by Crippen LogP contribution is 2.27. The molecule has 0 bridgehead atoms. The lowest BCUT2D eigenvalue weighted by atomic mass is 10.3. The molecule has 7 heteroatoms. The van der Waals surface area contributed by atoms with Gasteiger partial charge in [-0.25, -0.2) is 0 Å². The average Bonchev–Trinajstić information content (AvgIpc) is 2.89. The summed E-state index contributed by atoms with van der Waals surface area (Å²) in [5.41, 5.74) is 0. The summed E-state index contributed by atoms with van der Waals surface area (Å²) in [6.45, 7) is 1.96. The molecule has 2 aromatic rings. The number of nitrogens with one attached hydrogen (secondary N) is 1. The molecule has 6 nitrogen and oxygen atoms in total. The lowest BCUT2D eigenvalue weighted by Crippen LogP contribution is -2.09. The van der Waals surface area contributed by atoms with E-state index in [9.17, 15) is 10.1 Å². The van der Waals surface area contributed by atoms with E-state index >= 15 is 0 Å². The van der Waals surface area contributed by atoms with Crippen LogP contribution in [0.1, 0.15) is 17.8 Å². The Kier molecular flexibility index (Phi) is 3.10. The Balaban J connectivity index is 2.24. The van der Waals surface area contributed by atoms with Crippen molar-refractivity contribution in [2.45, 2.75) is 13.0 Å². The van der Waals surface area contributed by atoms with Crippen molar-refractivity contribution in [3.8, 4) is 0 Å². The molecule has 0 aromatic carbocycles. The minimum Gasteiger partial charge on any atom is -0.358 e. The number of anilines is 1. The van der Waals surface area contributed by atoms with Gasteiger partial charge in [0.15, 0.2) is 0 Å². The van der Waals surface area contributed by atoms with E-state index in [0.717, 1.165) is 4.88 Å². The van der Waals surface area contributed by atoms with Gasteiger partial charge in [0.2, 0.25) is 12.1 Å². The molecule has 0 aliphatic rings. The lowest BCUT2D eigenvalue weighted by molar-refractivity contribution is -0.388. The van der Waals surface area contributed by atoms with Gasteiger partial charge in [0.05, 0.1) is 6.04 Å². The zero-order chi connectivity index (χ0) is 12.4. The second-order valence-corrected chi connectivity index (χ2v) is 4.65. The molecule has 1 N–H and O–H groups in total. The monoisotopic (exact) mass is 252 g/mol. The fourth-order valence-electron chi connectivity index (χ4n) is 1.53. The van der Waals surface area contributed by atoms with Crippen LogP contribution in [-0.4, -0.2) is 14.5 Å². The number of rotatable bonds is 4. The molecule has 0 saturated heterocycles. The van der Waals surface area contributed by atoms with E-state index in [2.05, 4.69) is 10.3 Å². The quantitative estimate of drug-likeness (QED) is 0.670. The van der Waals surface area contributed by atoms with Crippen molar-refractivity contribution in [1.82, 2.24) is 9.55 Å². The number of aromatic nitrogens is 2. The summed E-state index contributed by atoms with van der Waals surface area (Å²) in [4.78, 5) is 15.2. The fourth-order valence-corrected chi connectivity index (χ4v) is 2.27. The highest BCUT2D eigenvalue weighted by atomic mass is 32.1. The summed E-state index contributed by atoms with van der Waals surface area (Å²) in [6, 6.07) is 3.96. The van der Waals surface area contributed by atoms with Gasteiger partial charge in [0, 0.05) is 11.9 Å². The first-order chi connectivity index (χ1) is 8.09. The first-order valence-corrected chi connectivity index (χ1v) is 5.93. The summed E-state index contributed by atoms with van der Waals surface area (Å²) in [5.74, 6) is 0.284. The fraction of sp³-hybridized carbons (Fsp3) is 0.300. The van der Waals surface area contributed by atoms with Gasteiger partial charge in [-0.1, -0.05) is 6.07 Å². The van der Waals surface area contributed by atoms with Crippen LogP contribution < -0.4 is 5.32 Å². The summed E-state index contributed by atoms with van der Waals surface area (Å²) in [5, 5.41) is 15.9. The Bertz CT molecular complexity index is 520. The summed E-state index contributed by atoms with van der Waals surface area (Å²) in [7, 11) is 1.73. The van der Waals surface area contributed by atoms with Crippen molar-refractivity contribution >= 4 is 23.0 Å². The Morgan fingerprint density at radius 1 is 1.65 bits per heavy atom. The van der Waals surface area contributed by atoms with E-state index in [1.807, 2.05) is 24.4 Å². The zero-order valence-corrected chi connectivity index (χ0v) is 10.3. The largest absolute Gasteiger partial charge is 0.406 e. The molecule has 1 atom stereocenters. The van der Waals surface area contributed by atoms with Crippen LogP contribution in [0.5, 0.6) is 0 Å². The predicted octanol–water partition coefficient (Wildman–Crippen LogP) is 2.56. The normalized spacial score (nSPS) is 12.4. The van der Waals surface area contributed by atoms with Gasteiger partial charge in [-0.15, -0.1) is 11.3 Å². The van der Waals surface area contributed by atoms with Crippen molar-refractivity contribution < 1.29 is 4.92 Å². The maximum Gasteiger partial charge on any atom is 0.406 e. The van der Waals surface area contributed by atoms with E-state index < -0.39 is 4.92 Å². The average molecular weight is 252 g/mol. The van der Waals surface area contributed by atoms with Crippen LogP contribution in [0.3, 0.4) is 0 Å². The molecule has 0 radical (unpaired) electrons. The van der Waals surface area contributed by atoms with Crippen molar-refractivity contribution in [1.29, 1.82) is 0 Å². The van der Waals surface area contributed by atoms with Crippen LogP contribution in [0.15, 0.2) is 23.8 Å². The topological polar surface area (TPSA) is 73.0 Å². The number of hydrogen-bond donors (Lipinski definition) is 1. The second kappa shape index (κ2) is 4.54. The van der Waals surface area contributed by atoms with Crippen molar-refractivity contribution in [2.75, 3.05) is 5.32 Å². The molecule has 0 amide bonds. The van der Waals surface area contributed by atoms with Gasteiger partial charge >= 0.3 is 5.82 Å². The van der Waals surface area contributed by atoms with Gasteiger partial charge in [-0.05, 0) is 28.3 Å². The molecule has 17 heavy (non-hydrogen) atoms. The van der Waals surface area contributed by atoms with Gasteiger partial charge in [0.25, 0.3) is 0 Å². The smallest absolute Gasteiger partial charge is 0.358 e. The van der Waals surface area contributed by atoms with Crippen molar-refractivity contribution in [3.05, 3.63) is 38.8 Å². The van der Waals surface area contributed by atoms with Crippen LogP contribution in [0.2, 0.25) is 0 Å². The van der Waals surface area contributed by atoms with Gasteiger partial charge in [-0.3, -0.25) is 4.57 Å². The predicted molar refractivity (Wildman–Crippen MR) is 66.2 cm³/mol. The van der Waals surface area contributed by atoms with Crippen LogP contribution in [0.4, 0.5) is 11.6 Å². The number of thiophene rings is 1. The standard InChI is InChI=1S/C10H12N4O2S/c1-7(8-4-3-5-17-8)12-10-9(14(15)16)11-6-13(10)2/h3-7,12H,1-2H3. The maximum absolute atomic E-state index is 10.8. The third-order valence-corrected chi connectivity index (χ3v) is 3.47. The Morgan fingerprint density at radius 3 is 3.00 bits per heavy atom. The summed E-state index contributed by atoms with van der Waals surface area (Å²) >= 11 is 1.61. The van der Waals surface area contributed by atoms with E-state index in [0.29, 0.717) is 5.82 Å². The maximum atomic E-state index is 10.8. The minimum atomic E-state index is -0.483. The second-order valence-electron chi connectivity index (χ2n) is 3.67. The molecule has 2 rings (SSSR count). The highest BCUT2D eigenvalue weighted by molar-refractivity contribution is 7.10. The van der Waals surface area contributed by atoms with Gasteiger partial charge in [-0.2, -0.15) is 0 Å². The van der Waals surface area contributed by atoms with Crippen LogP contribution in [0.25, 0.3) is 0 Å². The Labute approximate surface area is 102 Å². The molecule has 0 saturated carbocycles. The SMILES string of the molecule is CC(Nc1c([N+](=O)[O-])ncn1C)c1cccs1. The van der Waals surface area contributed by atoms with E-state index in [-0.39, 0.29) is 11.9 Å². The molecule has 0 fully saturated rings. The number of nitro groups is 1. The zero-order valence-electron chi connectivity index (χ0n) is 9.45. The minimum absolute atomic E-state index is 0.0177. The number of aryl methyl sites for hydroxylation is 1. The first kappa shape index (κ1) is 11.6. The highest BCUT2D eigenvalue weighted by Gasteiger charge is 2.21. The molecular formula is C10H12N4O2S. The molecule has 2 aromatic heterocycles. The first-order valence-electron chi connectivity index (χ1n) is 5.05. The lowest BCUT2D eigenvalue weighted by Gasteiger charge is -2.12. The van der Waals surface area contributed by atoms with Crippen molar-refractivity contribution in [3.63, 3.8) is 0 Å². The van der Waals surface area contributed by atoms with Crippen LogP contribution in [-0.2, 0) is 7.05 Å². The molecule has 90 valence electrons. The van der Waals surface area contributed by atoms with E-state index in [1.54, 1.807) is 23.0 Å². The van der Waals surface area contributed by atoms with E-state index in [4.69, 9.17) is 0 Å². The molecule has 2 heterocycles. The molecule has 0 aliphatic heterocycles. The van der Waals surface area contributed by atoms with Gasteiger partial charge in [0.1, 0.15) is 0 Å². The molecule has 0 aliphatic carbocycles. The molecular weight excluding hydrogens is 240 g/mol. The number of hydrogen-bond acceptors (Lipinski definition) is 5. The molecule has 1 unspecified atom stereocenters. The van der Waals surface area contributed by atoms with E-state index in [1.165, 1.54) is 6.33 Å². The Morgan fingerprint density at radius 2 is 2.41 bits per heavy atom.